The molecule has 4 heteroatoms. The summed E-state index contributed by atoms with van der Waals surface area (Å²) >= 11 is 0. The van der Waals surface area contributed by atoms with Crippen molar-refractivity contribution in [3.8, 4) is 0 Å². The van der Waals surface area contributed by atoms with E-state index in [4.69, 9.17) is 4.99 Å². The van der Waals surface area contributed by atoms with Crippen LogP contribution in [0.5, 0.6) is 0 Å². The zero-order chi connectivity index (χ0) is 18.0. The van der Waals surface area contributed by atoms with Gasteiger partial charge in [0.15, 0.2) is 5.96 Å². The minimum absolute atomic E-state index is 0.618. The predicted molar refractivity (Wildman–Crippen MR) is 111 cm³/mol. The van der Waals surface area contributed by atoms with E-state index in [9.17, 15) is 0 Å². The molecule has 2 fully saturated rings. The first-order chi connectivity index (χ1) is 12.8. The highest BCUT2D eigenvalue weighted by molar-refractivity contribution is 5.80. The normalized spacial score (nSPS) is 22.5. The van der Waals surface area contributed by atoms with Gasteiger partial charge in [0, 0.05) is 32.2 Å². The van der Waals surface area contributed by atoms with Crippen molar-refractivity contribution in [2.75, 3.05) is 32.7 Å². The Morgan fingerprint density at radius 2 is 1.92 bits per heavy atom. The van der Waals surface area contributed by atoms with Crippen LogP contribution in [0.15, 0.2) is 35.3 Å². The number of aliphatic imine (C=N–C) groups is 1. The molecule has 1 atom stereocenters. The maximum absolute atomic E-state index is 4.91. The number of guanidine groups is 1. The molecule has 2 N–H and O–H groups in total. The minimum Gasteiger partial charge on any atom is -0.357 e. The molecule has 1 saturated heterocycles. The number of nitrogens with zero attached hydrogens (tertiary/aromatic N) is 2. The third kappa shape index (κ3) is 6.31. The number of benzene rings is 1. The molecule has 0 bridgehead atoms. The van der Waals surface area contributed by atoms with Crippen LogP contribution in [0, 0.1) is 5.92 Å². The Balaban J connectivity index is 1.41. The lowest BCUT2D eigenvalue weighted by atomic mass is 9.96. The smallest absolute Gasteiger partial charge is 0.191 e. The second kappa shape index (κ2) is 10.6. The van der Waals surface area contributed by atoms with Crippen LogP contribution in [0.2, 0.25) is 0 Å². The minimum atomic E-state index is 0.618. The summed E-state index contributed by atoms with van der Waals surface area (Å²) in [4.78, 5) is 7.52. The molecule has 3 rings (SSSR count). The Labute approximate surface area is 159 Å². The molecule has 1 heterocycles. The third-order valence-electron chi connectivity index (χ3n) is 5.73. The van der Waals surface area contributed by atoms with E-state index >= 15 is 0 Å². The van der Waals surface area contributed by atoms with Gasteiger partial charge in [-0.05, 0) is 50.6 Å². The average Bonchev–Trinajstić information content (AvgIpc) is 3.14. The molecule has 0 aromatic heterocycles. The highest BCUT2D eigenvalue weighted by Crippen LogP contribution is 2.18. The average molecular weight is 357 g/mol. The first-order valence-electron chi connectivity index (χ1n) is 10.6. The van der Waals surface area contributed by atoms with E-state index in [-0.39, 0.29) is 0 Å². The van der Waals surface area contributed by atoms with Crippen LogP contribution < -0.4 is 10.6 Å². The molecule has 144 valence electrons. The number of rotatable bonds is 7. The molecule has 1 aliphatic heterocycles. The number of likely N-dealkylation sites (tertiary alicyclic amines) is 1. The molecule has 1 aliphatic carbocycles. The molecular formula is C22H36N4. The lowest BCUT2D eigenvalue weighted by Crippen LogP contribution is -2.44. The summed E-state index contributed by atoms with van der Waals surface area (Å²) in [5.41, 5.74) is 1.44. The fourth-order valence-electron chi connectivity index (χ4n) is 4.18. The Hall–Kier alpha value is -1.55. The van der Waals surface area contributed by atoms with Gasteiger partial charge >= 0.3 is 0 Å². The summed E-state index contributed by atoms with van der Waals surface area (Å²) in [7, 11) is 0. The van der Waals surface area contributed by atoms with Crippen molar-refractivity contribution in [1.82, 2.24) is 15.5 Å². The molecule has 0 spiro atoms. The zero-order valence-corrected chi connectivity index (χ0v) is 16.4. The molecule has 1 saturated carbocycles. The fraction of sp³-hybridized carbons (Fsp3) is 0.682. The van der Waals surface area contributed by atoms with Crippen molar-refractivity contribution in [2.24, 2.45) is 10.9 Å². The van der Waals surface area contributed by atoms with Gasteiger partial charge in [0.25, 0.3) is 0 Å². The quantitative estimate of drug-likeness (QED) is 0.581. The summed E-state index contributed by atoms with van der Waals surface area (Å²) in [6.07, 6.45) is 9.13. The second-order valence-electron chi connectivity index (χ2n) is 7.89. The standard InChI is InChI=1S/C22H36N4/c1-2-23-22(25-21-11-7-4-8-12-21)24-17-20-14-16-26(18-20)15-13-19-9-5-3-6-10-19/h3,5-6,9-10,20-21H,2,4,7-8,11-18H2,1H3,(H2,23,24,25). The van der Waals surface area contributed by atoms with Crippen LogP contribution in [0.1, 0.15) is 51.0 Å². The van der Waals surface area contributed by atoms with Crippen molar-refractivity contribution < 1.29 is 0 Å². The molecule has 0 amide bonds. The van der Waals surface area contributed by atoms with Gasteiger partial charge in [0.05, 0.1) is 0 Å². The van der Waals surface area contributed by atoms with Crippen molar-refractivity contribution >= 4 is 5.96 Å². The molecule has 2 aliphatic rings. The zero-order valence-electron chi connectivity index (χ0n) is 16.4. The fourth-order valence-corrected chi connectivity index (χ4v) is 4.18. The summed E-state index contributed by atoms with van der Waals surface area (Å²) in [5, 5.41) is 7.10. The molecular weight excluding hydrogens is 320 g/mol. The van der Waals surface area contributed by atoms with Gasteiger partial charge in [-0.2, -0.15) is 0 Å². The molecule has 1 aromatic carbocycles. The summed E-state index contributed by atoms with van der Waals surface area (Å²) in [5.74, 6) is 1.73. The maximum atomic E-state index is 4.91. The predicted octanol–water partition coefficient (Wildman–Crippen LogP) is 3.44. The van der Waals surface area contributed by atoms with E-state index in [1.165, 1.54) is 63.7 Å². The lowest BCUT2D eigenvalue weighted by Gasteiger charge is -2.25. The van der Waals surface area contributed by atoms with Crippen LogP contribution in [0.3, 0.4) is 0 Å². The Morgan fingerprint density at radius 3 is 2.69 bits per heavy atom. The Morgan fingerprint density at radius 1 is 1.12 bits per heavy atom. The van der Waals surface area contributed by atoms with E-state index in [0.29, 0.717) is 12.0 Å². The SMILES string of the molecule is CCNC(=NCC1CCN(CCc2ccccc2)C1)NC1CCCCC1. The van der Waals surface area contributed by atoms with Gasteiger partial charge in [0.2, 0.25) is 0 Å². The van der Waals surface area contributed by atoms with Crippen molar-refractivity contribution in [1.29, 1.82) is 0 Å². The van der Waals surface area contributed by atoms with Crippen molar-refractivity contribution in [3.05, 3.63) is 35.9 Å². The Kier molecular flexibility index (Phi) is 7.81. The molecule has 26 heavy (non-hydrogen) atoms. The summed E-state index contributed by atoms with van der Waals surface area (Å²) in [6, 6.07) is 11.5. The largest absolute Gasteiger partial charge is 0.357 e. The van der Waals surface area contributed by atoms with Gasteiger partial charge in [-0.1, -0.05) is 49.6 Å². The first-order valence-corrected chi connectivity index (χ1v) is 10.6. The van der Waals surface area contributed by atoms with Crippen LogP contribution >= 0.6 is 0 Å². The Bertz CT molecular complexity index is 536. The van der Waals surface area contributed by atoms with Crippen LogP contribution in [-0.4, -0.2) is 49.6 Å². The van der Waals surface area contributed by atoms with E-state index in [2.05, 4.69) is 52.8 Å². The van der Waals surface area contributed by atoms with Gasteiger partial charge in [0.1, 0.15) is 0 Å². The first kappa shape index (κ1) is 19.2. The lowest BCUT2D eigenvalue weighted by molar-refractivity contribution is 0.329. The van der Waals surface area contributed by atoms with E-state index in [1.807, 2.05) is 0 Å². The highest BCUT2D eigenvalue weighted by atomic mass is 15.2. The summed E-state index contributed by atoms with van der Waals surface area (Å²) < 4.78 is 0. The molecule has 4 nitrogen and oxygen atoms in total. The molecule has 0 radical (unpaired) electrons. The van der Waals surface area contributed by atoms with Gasteiger partial charge in [-0.15, -0.1) is 0 Å². The molecule has 1 unspecified atom stereocenters. The van der Waals surface area contributed by atoms with Crippen LogP contribution in [0.4, 0.5) is 0 Å². The number of hydrogen-bond acceptors (Lipinski definition) is 2. The maximum Gasteiger partial charge on any atom is 0.191 e. The van der Waals surface area contributed by atoms with E-state index < -0.39 is 0 Å². The number of hydrogen-bond donors (Lipinski definition) is 2. The van der Waals surface area contributed by atoms with Crippen LogP contribution in [-0.2, 0) is 6.42 Å². The van der Waals surface area contributed by atoms with E-state index in [0.717, 1.165) is 25.5 Å². The van der Waals surface area contributed by atoms with Crippen molar-refractivity contribution in [3.63, 3.8) is 0 Å². The summed E-state index contributed by atoms with van der Waals surface area (Å²) in [6.45, 7) is 7.62. The number of nitrogens with one attached hydrogen (secondary N) is 2. The second-order valence-corrected chi connectivity index (χ2v) is 7.89. The molecule has 1 aromatic rings. The third-order valence-corrected chi connectivity index (χ3v) is 5.73. The monoisotopic (exact) mass is 356 g/mol. The van der Waals surface area contributed by atoms with E-state index in [1.54, 1.807) is 0 Å². The van der Waals surface area contributed by atoms with Crippen LogP contribution in [0.25, 0.3) is 0 Å². The van der Waals surface area contributed by atoms with Gasteiger partial charge in [-0.25, -0.2) is 0 Å². The topological polar surface area (TPSA) is 39.7 Å². The van der Waals surface area contributed by atoms with Gasteiger partial charge < -0.3 is 15.5 Å². The highest BCUT2D eigenvalue weighted by Gasteiger charge is 2.22. The van der Waals surface area contributed by atoms with Crippen molar-refractivity contribution in [2.45, 2.75) is 57.9 Å². The van der Waals surface area contributed by atoms with Gasteiger partial charge in [-0.3, -0.25) is 4.99 Å².